The summed E-state index contributed by atoms with van der Waals surface area (Å²) >= 11 is 1.86. The molecule has 3 rings (SSSR count). The molecule has 0 radical (unpaired) electrons. The van der Waals surface area contributed by atoms with Crippen LogP contribution in [0.4, 0.5) is 4.39 Å². The van der Waals surface area contributed by atoms with Crippen molar-refractivity contribution >= 4 is 39.5 Å². The van der Waals surface area contributed by atoms with E-state index in [4.69, 9.17) is 4.74 Å². The summed E-state index contributed by atoms with van der Waals surface area (Å²) in [7, 11) is 0. The van der Waals surface area contributed by atoms with Crippen LogP contribution in [-0.4, -0.2) is 41.2 Å². The molecule has 0 saturated carbocycles. The Bertz CT molecular complexity index is 896. The molecule has 0 N–H and O–H groups in total. The summed E-state index contributed by atoms with van der Waals surface area (Å²) in [6, 6.07) is 3.21. The lowest BCUT2D eigenvalue weighted by atomic mass is 10.1. The maximum Gasteiger partial charge on any atom is 0.343 e. The van der Waals surface area contributed by atoms with Gasteiger partial charge in [0.15, 0.2) is 0 Å². The normalized spacial score (nSPS) is 17.8. The van der Waals surface area contributed by atoms with Crippen LogP contribution in [0.5, 0.6) is 0 Å². The SMILES string of the molecule is CCOC(=O)c1cn(C[C@H]2CCCN2CC)c2cc(F)c(I)cc2c1=O. The zero-order chi connectivity index (χ0) is 18.8. The third kappa shape index (κ3) is 3.64. The molecule has 0 bridgehead atoms. The minimum atomic E-state index is -0.633. The van der Waals surface area contributed by atoms with Gasteiger partial charge in [0, 0.05) is 27.7 Å². The molecule has 1 aliphatic rings. The number of carbonyl (C=O) groups excluding carboxylic acids is 1. The van der Waals surface area contributed by atoms with Crippen LogP contribution in [0.15, 0.2) is 23.1 Å². The number of benzene rings is 1. The van der Waals surface area contributed by atoms with E-state index in [1.165, 1.54) is 18.3 Å². The van der Waals surface area contributed by atoms with Crippen molar-refractivity contribution < 1.29 is 13.9 Å². The summed E-state index contributed by atoms with van der Waals surface area (Å²) in [6.07, 6.45) is 3.69. The van der Waals surface area contributed by atoms with Crippen molar-refractivity contribution in [3.8, 4) is 0 Å². The van der Waals surface area contributed by atoms with Gasteiger partial charge in [-0.25, -0.2) is 9.18 Å². The predicted molar refractivity (Wildman–Crippen MR) is 107 cm³/mol. The summed E-state index contributed by atoms with van der Waals surface area (Å²) in [5.41, 5.74) is 0.109. The number of rotatable bonds is 5. The zero-order valence-electron chi connectivity index (χ0n) is 14.9. The summed E-state index contributed by atoms with van der Waals surface area (Å²) in [5.74, 6) is -1.000. The van der Waals surface area contributed by atoms with Gasteiger partial charge in [0.1, 0.15) is 11.4 Å². The van der Waals surface area contributed by atoms with Crippen LogP contribution in [-0.2, 0) is 11.3 Å². The first-order valence-electron chi connectivity index (χ1n) is 8.89. The van der Waals surface area contributed by atoms with Crippen molar-refractivity contribution in [2.45, 2.75) is 39.3 Å². The topological polar surface area (TPSA) is 51.5 Å². The molecular formula is C19H22FIN2O3. The predicted octanol–water partition coefficient (Wildman–Crippen LogP) is 3.41. The van der Waals surface area contributed by atoms with Crippen molar-refractivity contribution in [2.24, 2.45) is 0 Å². The average Bonchev–Trinajstić information content (AvgIpc) is 3.06. The molecule has 2 heterocycles. The van der Waals surface area contributed by atoms with Crippen molar-refractivity contribution in [3.63, 3.8) is 0 Å². The van der Waals surface area contributed by atoms with E-state index in [0.717, 1.165) is 25.9 Å². The first-order chi connectivity index (χ1) is 12.5. The molecular weight excluding hydrogens is 450 g/mol. The number of carbonyl (C=O) groups is 1. The fourth-order valence-electron chi connectivity index (χ4n) is 3.64. The van der Waals surface area contributed by atoms with E-state index >= 15 is 0 Å². The van der Waals surface area contributed by atoms with E-state index < -0.39 is 11.4 Å². The molecule has 0 aliphatic carbocycles. The monoisotopic (exact) mass is 472 g/mol. The van der Waals surface area contributed by atoms with Crippen molar-refractivity contribution in [3.05, 3.63) is 43.5 Å². The molecule has 140 valence electrons. The number of nitrogens with zero attached hydrogens (tertiary/aromatic N) is 2. The van der Waals surface area contributed by atoms with Crippen molar-refractivity contribution in [2.75, 3.05) is 19.7 Å². The Morgan fingerprint density at radius 3 is 2.85 bits per heavy atom. The number of likely N-dealkylation sites (N-methyl/N-ethyl adjacent to an activating group) is 1. The van der Waals surface area contributed by atoms with Gasteiger partial charge in [0.25, 0.3) is 0 Å². The van der Waals surface area contributed by atoms with Gasteiger partial charge in [-0.2, -0.15) is 0 Å². The second-order valence-corrected chi connectivity index (χ2v) is 7.62. The molecule has 0 unspecified atom stereocenters. The quantitative estimate of drug-likeness (QED) is 0.495. The second kappa shape index (κ2) is 8.04. The van der Waals surface area contributed by atoms with Gasteiger partial charge in [-0.1, -0.05) is 6.92 Å². The van der Waals surface area contributed by atoms with E-state index in [1.807, 2.05) is 27.2 Å². The third-order valence-electron chi connectivity index (χ3n) is 4.93. The van der Waals surface area contributed by atoms with Crippen LogP contribution in [0.2, 0.25) is 0 Å². The largest absolute Gasteiger partial charge is 0.462 e. The van der Waals surface area contributed by atoms with Crippen LogP contribution in [0, 0.1) is 9.39 Å². The Balaban J connectivity index is 2.15. The van der Waals surface area contributed by atoms with Crippen LogP contribution in [0.3, 0.4) is 0 Å². The van der Waals surface area contributed by atoms with Gasteiger partial charge in [-0.05, 0) is 67.6 Å². The molecule has 1 fully saturated rings. The van der Waals surface area contributed by atoms with Gasteiger partial charge in [0.05, 0.1) is 12.1 Å². The summed E-state index contributed by atoms with van der Waals surface area (Å²) in [4.78, 5) is 27.4. The molecule has 1 saturated heterocycles. The van der Waals surface area contributed by atoms with E-state index in [9.17, 15) is 14.0 Å². The third-order valence-corrected chi connectivity index (χ3v) is 5.76. The van der Waals surface area contributed by atoms with Crippen LogP contribution >= 0.6 is 22.6 Å². The smallest absolute Gasteiger partial charge is 0.343 e. The number of aromatic nitrogens is 1. The molecule has 5 nitrogen and oxygen atoms in total. The van der Waals surface area contributed by atoms with Gasteiger partial charge in [-0.15, -0.1) is 0 Å². The van der Waals surface area contributed by atoms with E-state index in [0.29, 0.717) is 27.1 Å². The molecule has 0 spiro atoms. The number of hydrogen-bond donors (Lipinski definition) is 0. The Morgan fingerprint density at radius 2 is 2.15 bits per heavy atom. The molecule has 1 aliphatic heterocycles. The summed E-state index contributed by atoms with van der Waals surface area (Å²) in [6.45, 7) is 6.61. The van der Waals surface area contributed by atoms with Gasteiger partial charge in [0.2, 0.25) is 5.43 Å². The Labute approximate surface area is 165 Å². The van der Waals surface area contributed by atoms with Crippen molar-refractivity contribution in [1.82, 2.24) is 9.47 Å². The fourth-order valence-corrected chi connectivity index (χ4v) is 4.10. The minimum absolute atomic E-state index is 0.00260. The number of ether oxygens (including phenoxy) is 1. The van der Waals surface area contributed by atoms with Crippen molar-refractivity contribution in [1.29, 1.82) is 0 Å². The molecule has 1 aromatic carbocycles. The van der Waals surface area contributed by atoms with Gasteiger partial charge >= 0.3 is 5.97 Å². The van der Waals surface area contributed by atoms with Crippen LogP contribution in [0.1, 0.15) is 37.0 Å². The lowest BCUT2D eigenvalue weighted by molar-refractivity contribution is 0.0524. The van der Waals surface area contributed by atoms with E-state index in [1.54, 1.807) is 6.92 Å². The second-order valence-electron chi connectivity index (χ2n) is 6.45. The molecule has 1 atom stereocenters. The van der Waals surface area contributed by atoms with Gasteiger partial charge in [-0.3, -0.25) is 9.69 Å². The fraction of sp³-hybridized carbons (Fsp3) is 0.474. The number of likely N-dealkylation sites (tertiary alicyclic amines) is 1. The molecule has 1 aromatic heterocycles. The van der Waals surface area contributed by atoms with Gasteiger partial charge < -0.3 is 9.30 Å². The number of halogens is 2. The first kappa shape index (κ1) is 19.3. The van der Waals surface area contributed by atoms with E-state index in [2.05, 4.69) is 11.8 Å². The van der Waals surface area contributed by atoms with E-state index in [-0.39, 0.29) is 18.0 Å². The van der Waals surface area contributed by atoms with Crippen LogP contribution < -0.4 is 5.43 Å². The Morgan fingerprint density at radius 1 is 1.38 bits per heavy atom. The highest BCUT2D eigenvalue weighted by molar-refractivity contribution is 14.1. The highest BCUT2D eigenvalue weighted by Crippen LogP contribution is 2.23. The zero-order valence-corrected chi connectivity index (χ0v) is 17.1. The summed E-state index contributed by atoms with van der Waals surface area (Å²) in [5, 5.41) is 0.349. The maximum absolute atomic E-state index is 14.2. The number of hydrogen-bond acceptors (Lipinski definition) is 4. The minimum Gasteiger partial charge on any atom is -0.462 e. The lowest BCUT2D eigenvalue weighted by Crippen LogP contribution is -2.33. The molecule has 7 heteroatoms. The standard InChI is InChI=1S/C19H22FIN2O3/c1-3-22-7-5-6-12(22)10-23-11-14(19(25)26-4-2)18(24)13-8-16(21)15(20)9-17(13)23/h8-9,11-12H,3-7,10H2,1-2H3/t12-/m1/s1. The molecule has 26 heavy (non-hydrogen) atoms. The lowest BCUT2D eigenvalue weighted by Gasteiger charge is -2.25. The molecule has 0 amide bonds. The number of esters is 1. The number of fused-ring (bicyclic) bond motifs is 1. The highest BCUT2D eigenvalue weighted by atomic mass is 127. The average molecular weight is 472 g/mol. The maximum atomic E-state index is 14.2. The molecule has 2 aromatic rings. The highest BCUT2D eigenvalue weighted by Gasteiger charge is 2.25. The Hall–Kier alpha value is -1.48. The first-order valence-corrected chi connectivity index (χ1v) is 9.97. The Kier molecular flexibility index (Phi) is 5.96. The summed E-state index contributed by atoms with van der Waals surface area (Å²) < 4.78 is 21.4. The van der Waals surface area contributed by atoms with Crippen LogP contribution in [0.25, 0.3) is 10.9 Å². The number of pyridine rings is 1.